The first-order valence-electron chi connectivity index (χ1n) is 16.2. The zero-order chi connectivity index (χ0) is 37.1. The predicted molar refractivity (Wildman–Crippen MR) is 199 cm³/mol. The lowest BCUT2D eigenvalue weighted by molar-refractivity contribution is -0.145. The number of benzene rings is 4. The van der Waals surface area contributed by atoms with E-state index in [0.29, 0.717) is 32.2 Å². The number of phenols is 1. The van der Waals surface area contributed by atoms with E-state index in [-0.39, 0.29) is 53.9 Å². The number of hydrogen-bond donors (Lipinski definition) is 5. The number of carbonyl (C=O) groups is 4. The number of halogens is 2. The molecular weight excluding hydrogens is 786 g/mol. The molecule has 0 spiro atoms. The summed E-state index contributed by atoms with van der Waals surface area (Å²) in [6, 6.07) is 22.9. The van der Waals surface area contributed by atoms with E-state index in [1.807, 2.05) is 37.3 Å². The lowest BCUT2D eigenvalue weighted by atomic mass is 9.98. The molecule has 4 aromatic carbocycles. The van der Waals surface area contributed by atoms with Gasteiger partial charge in [0.25, 0.3) is 5.91 Å². The number of ketones is 1. The Bertz CT molecular complexity index is 1850. The molecule has 11 nitrogen and oxygen atoms in total. The van der Waals surface area contributed by atoms with Gasteiger partial charge in [-0.15, -0.1) is 0 Å². The van der Waals surface area contributed by atoms with E-state index in [4.69, 9.17) is 15.2 Å². The van der Waals surface area contributed by atoms with Crippen LogP contribution in [0, 0.1) is 0 Å². The van der Waals surface area contributed by atoms with Crippen LogP contribution < -0.4 is 25.8 Å². The monoisotopic (exact) mass is 823 g/mol. The van der Waals surface area contributed by atoms with E-state index in [9.17, 15) is 29.4 Å². The van der Waals surface area contributed by atoms with E-state index >= 15 is 0 Å². The fraction of sp³-hybridized carbons (Fsp3) is 0.263. The van der Waals surface area contributed by atoms with Crippen molar-refractivity contribution in [1.29, 1.82) is 0 Å². The summed E-state index contributed by atoms with van der Waals surface area (Å²) in [6.07, 6.45) is -0.0227. The third-order valence-electron chi connectivity index (χ3n) is 7.90. The Labute approximate surface area is 312 Å². The molecule has 2 amide bonds. The van der Waals surface area contributed by atoms with Crippen LogP contribution in [0.1, 0.15) is 71.4 Å². The van der Waals surface area contributed by atoms with Crippen molar-refractivity contribution in [3.63, 3.8) is 0 Å². The number of nitrogens with one attached hydrogen (secondary N) is 2. The molecule has 268 valence electrons. The molecule has 0 bridgehead atoms. The molecule has 0 aliphatic carbocycles. The quantitative estimate of drug-likeness (QED) is 0.0745. The molecule has 0 heterocycles. The minimum absolute atomic E-state index is 0.0387. The maximum absolute atomic E-state index is 13.8. The van der Waals surface area contributed by atoms with Crippen LogP contribution in [0.15, 0.2) is 93.9 Å². The number of carboxylic acids is 1. The Morgan fingerprint density at radius 1 is 0.922 bits per heavy atom. The Hall–Kier alpha value is -4.72. The van der Waals surface area contributed by atoms with Crippen molar-refractivity contribution in [3.05, 3.63) is 122 Å². The minimum Gasteiger partial charge on any atom is -0.506 e. The van der Waals surface area contributed by atoms with Gasteiger partial charge < -0.3 is 30.7 Å². The summed E-state index contributed by atoms with van der Waals surface area (Å²) in [5.41, 5.74) is 8.29. The summed E-state index contributed by atoms with van der Waals surface area (Å²) in [5.74, 6) is -2.17. The third kappa shape index (κ3) is 11.1. The van der Waals surface area contributed by atoms with Gasteiger partial charge in [-0.1, -0.05) is 77.8 Å². The number of aromatic hydroxyl groups is 1. The second kappa shape index (κ2) is 18.5. The molecule has 0 saturated carbocycles. The van der Waals surface area contributed by atoms with E-state index in [1.165, 1.54) is 13.0 Å². The second-order valence-corrected chi connectivity index (χ2v) is 13.7. The second-order valence-electron chi connectivity index (χ2n) is 11.9. The number of hydrogen-bond acceptors (Lipinski definition) is 8. The van der Waals surface area contributed by atoms with Crippen molar-refractivity contribution in [3.8, 4) is 17.2 Å². The van der Waals surface area contributed by atoms with Crippen molar-refractivity contribution in [2.45, 2.75) is 57.9 Å². The number of carboxylic acid groups (broad SMARTS) is 1. The van der Waals surface area contributed by atoms with Crippen molar-refractivity contribution in [2.24, 2.45) is 5.73 Å². The molecule has 0 aromatic heterocycles. The molecular formula is C38H39Br2N3O8. The summed E-state index contributed by atoms with van der Waals surface area (Å²) in [5, 5.41) is 26.5. The Kier molecular flexibility index (Phi) is 14.2. The molecule has 0 saturated heterocycles. The molecule has 6 N–H and O–H groups in total. The van der Waals surface area contributed by atoms with E-state index in [1.54, 1.807) is 48.5 Å². The van der Waals surface area contributed by atoms with Gasteiger partial charge in [0.2, 0.25) is 12.0 Å². The average Bonchev–Trinajstić information content (AvgIpc) is 3.10. The van der Waals surface area contributed by atoms with Gasteiger partial charge in [-0.25, -0.2) is 4.79 Å². The summed E-state index contributed by atoms with van der Waals surface area (Å²) < 4.78 is 12.5. The van der Waals surface area contributed by atoms with E-state index in [0.717, 1.165) is 12.0 Å². The van der Waals surface area contributed by atoms with Crippen LogP contribution in [0.2, 0.25) is 0 Å². The van der Waals surface area contributed by atoms with Crippen LogP contribution in [0.5, 0.6) is 17.2 Å². The molecule has 0 aliphatic heterocycles. The normalized spacial score (nSPS) is 12.7. The van der Waals surface area contributed by atoms with Crippen molar-refractivity contribution in [1.82, 2.24) is 10.6 Å². The Balaban J connectivity index is 1.51. The maximum atomic E-state index is 13.8. The van der Waals surface area contributed by atoms with Gasteiger partial charge >= 0.3 is 5.97 Å². The zero-order valence-electron chi connectivity index (χ0n) is 28.0. The highest BCUT2D eigenvalue weighted by atomic mass is 79.9. The van der Waals surface area contributed by atoms with Crippen molar-refractivity contribution in [2.75, 3.05) is 6.54 Å². The molecule has 3 unspecified atom stereocenters. The van der Waals surface area contributed by atoms with E-state index in [2.05, 4.69) is 42.5 Å². The van der Waals surface area contributed by atoms with Gasteiger partial charge in [0.05, 0.1) is 28.7 Å². The van der Waals surface area contributed by atoms with Gasteiger partial charge in [-0.3, -0.25) is 19.7 Å². The number of carbonyl (C=O) groups excluding carboxylic acids is 3. The first-order valence-corrected chi connectivity index (χ1v) is 17.7. The highest BCUT2D eigenvalue weighted by Gasteiger charge is 2.28. The molecule has 4 rings (SSSR count). The Morgan fingerprint density at radius 3 is 2.25 bits per heavy atom. The molecule has 0 fully saturated rings. The largest absolute Gasteiger partial charge is 0.506 e. The van der Waals surface area contributed by atoms with Crippen molar-refractivity contribution < 1.29 is 38.9 Å². The van der Waals surface area contributed by atoms with Gasteiger partial charge in [0.15, 0.2) is 0 Å². The van der Waals surface area contributed by atoms with Gasteiger partial charge in [0.1, 0.15) is 29.6 Å². The fourth-order valence-corrected chi connectivity index (χ4v) is 6.59. The molecule has 0 radical (unpaired) electrons. The number of ether oxygens (including phenoxy) is 2. The minimum atomic E-state index is -1.50. The summed E-state index contributed by atoms with van der Waals surface area (Å²) in [7, 11) is 0. The lowest BCUT2D eigenvalue weighted by Gasteiger charge is -2.24. The number of Topliss-reactive ketones (excluding diaryl/α,β-unsaturated/α-hetero) is 1. The van der Waals surface area contributed by atoms with Crippen molar-refractivity contribution >= 4 is 55.4 Å². The number of primary amides is 1. The number of amides is 2. The highest BCUT2D eigenvalue weighted by Crippen LogP contribution is 2.37. The molecule has 13 heteroatoms. The number of aliphatic carboxylic acids is 1. The van der Waals surface area contributed by atoms with Crippen LogP contribution in [-0.4, -0.2) is 46.4 Å². The lowest BCUT2D eigenvalue weighted by Crippen LogP contribution is -2.48. The zero-order valence-corrected chi connectivity index (χ0v) is 31.2. The average molecular weight is 826 g/mol. The molecule has 3 atom stereocenters. The molecule has 51 heavy (non-hydrogen) atoms. The predicted octanol–water partition coefficient (Wildman–Crippen LogP) is 6.55. The Morgan fingerprint density at radius 2 is 1.63 bits per heavy atom. The summed E-state index contributed by atoms with van der Waals surface area (Å²) in [6.45, 7) is 3.61. The van der Waals surface area contributed by atoms with Gasteiger partial charge in [-0.05, 0) is 88.8 Å². The standard InChI is InChI=1S/C38H39Br2N3O8/c1-3-7-31(25-12-15-33(28(17-25)36(41)46)50-21-24-8-5-4-6-9-24)43-37(47)32(42-20-22(2)44)16-23-10-13-27(14-11-23)51-35(38(48)49)29-18-26(39)19-30(40)34(29)45/h4-6,8-15,17-19,31-32,35,42,45H,3,7,16,20-21H2,1-2H3,(H2,41,46)(H,43,47)(H,48,49). The first-order chi connectivity index (χ1) is 24.4. The molecule has 0 aliphatic rings. The van der Waals surface area contributed by atoms with Gasteiger partial charge in [-0.2, -0.15) is 0 Å². The van der Waals surface area contributed by atoms with Crippen LogP contribution in [0.3, 0.4) is 0 Å². The van der Waals surface area contributed by atoms with Crippen LogP contribution in [-0.2, 0) is 27.4 Å². The van der Waals surface area contributed by atoms with Crippen LogP contribution in [0.4, 0.5) is 0 Å². The van der Waals surface area contributed by atoms with Gasteiger partial charge in [0, 0.05) is 10.0 Å². The van der Waals surface area contributed by atoms with E-state index < -0.39 is 30.1 Å². The number of nitrogens with two attached hydrogens (primary N) is 1. The highest BCUT2D eigenvalue weighted by molar-refractivity contribution is 9.11. The fourth-order valence-electron chi connectivity index (χ4n) is 5.33. The topological polar surface area (TPSA) is 177 Å². The van der Waals surface area contributed by atoms with Crippen LogP contribution in [0.25, 0.3) is 0 Å². The number of phenolic OH excluding ortho intramolecular Hbond substituents is 1. The number of rotatable bonds is 18. The first kappa shape index (κ1) is 39.1. The SMILES string of the molecule is CCCC(NC(=O)C(Cc1ccc(OC(C(=O)O)c2cc(Br)cc(Br)c2O)cc1)NCC(C)=O)c1ccc(OCc2ccccc2)c(C(N)=O)c1. The smallest absolute Gasteiger partial charge is 0.349 e. The summed E-state index contributed by atoms with van der Waals surface area (Å²) in [4.78, 5) is 50.2. The molecule has 4 aromatic rings. The summed E-state index contributed by atoms with van der Waals surface area (Å²) >= 11 is 6.52. The van der Waals surface area contributed by atoms with Crippen LogP contribution >= 0.6 is 31.9 Å². The third-order valence-corrected chi connectivity index (χ3v) is 8.96. The maximum Gasteiger partial charge on any atom is 0.349 e.